The number of nitrogens with zero attached hydrogens (tertiary/aromatic N) is 1. The summed E-state index contributed by atoms with van der Waals surface area (Å²) in [5.74, 6) is 0. The third-order valence-corrected chi connectivity index (χ3v) is 4.47. The normalized spacial score (nSPS) is 14.6. The van der Waals surface area contributed by atoms with E-state index in [0.717, 1.165) is 0 Å². The lowest BCUT2D eigenvalue weighted by Crippen LogP contribution is -2.50. The van der Waals surface area contributed by atoms with Crippen LogP contribution in [0, 0.1) is 0 Å². The Labute approximate surface area is 109 Å². The molecule has 1 heterocycles. The zero-order chi connectivity index (χ0) is 13.3. The van der Waals surface area contributed by atoms with E-state index in [-0.39, 0.29) is 5.03 Å². The summed E-state index contributed by atoms with van der Waals surface area (Å²) >= 11 is 3.18. The first kappa shape index (κ1) is 14.6. The van der Waals surface area contributed by atoms with Crippen molar-refractivity contribution in [3.8, 4) is 0 Å². The average molecular weight is 323 g/mol. The highest BCUT2D eigenvalue weighted by Crippen LogP contribution is 2.16. The summed E-state index contributed by atoms with van der Waals surface area (Å²) in [6, 6.07) is 2.99. The second kappa shape index (κ2) is 5.01. The van der Waals surface area contributed by atoms with Crippen LogP contribution in [0.5, 0.6) is 0 Å². The highest BCUT2D eigenvalue weighted by Gasteiger charge is 2.30. The highest BCUT2D eigenvalue weighted by atomic mass is 79.9. The Morgan fingerprint density at radius 2 is 2.06 bits per heavy atom. The molecule has 2 N–H and O–H groups in total. The number of aromatic nitrogens is 1. The van der Waals surface area contributed by atoms with Crippen LogP contribution < -0.4 is 4.72 Å². The predicted molar refractivity (Wildman–Crippen MR) is 68.0 cm³/mol. The van der Waals surface area contributed by atoms with Gasteiger partial charge in [-0.25, -0.2) is 18.1 Å². The molecule has 0 aliphatic heterocycles. The Morgan fingerprint density at radius 3 is 2.47 bits per heavy atom. The summed E-state index contributed by atoms with van der Waals surface area (Å²) < 4.78 is 27.0. The Bertz CT molecular complexity index is 483. The highest BCUT2D eigenvalue weighted by molar-refractivity contribution is 9.10. The summed E-state index contributed by atoms with van der Waals surface area (Å²) in [4.78, 5) is 3.81. The van der Waals surface area contributed by atoms with E-state index < -0.39 is 21.7 Å². The molecule has 17 heavy (non-hydrogen) atoms. The summed E-state index contributed by atoms with van der Waals surface area (Å²) in [6.45, 7) is 4.74. The van der Waals surface area contributed by atoms with Crippen LogP contribution in [0.15, 0.2) is 27.8 Å². The quantitative estimate of drug-likeness (QED) is 0.875. The van der Waals surface area contributed by atoms with Crippen LogP contribution in [0.2, 0.25) is 0 Å². The lowest BCUT2D eigenvalue weighted by atomic mass is 10.0. The summed E-state index contributed by atoms with van der Waals surface area (Å²) in [5, 5.41) is 9.41. The van der Waals surface area contributed by atoms with Crippen molar-refractivity contribution in [2.45, 2.75) is 37.4 Å². The average Bonchev–Trinajstić information content (AvgIpc) is 2.16. The molecule has 7 heteroatoms. The van der Waals surface area contributed by atoms with Crippen LogP contribution in [0.4, 0.5) is 0 Å². The van der Waals surface area contributed by atoms with Gasteiger partial charge in [-0.1, -0.05) is 0 Å². The van der Waals surface area contributed by atoms with E-state index in [4.69, 9.17) is 0 Å². The molecule has 1 aromatic rings. The molecule has 0 saturated heterocycles. The first-order valence-electron chi connectivity index (χ1n) is 4.99. The van der Waals surface area contributed by atoms with E-state index >= 15 is 0 Å². The first-order chi connectivity index (χ1) is 7.65. The molecule has 5 nitrogen and oxygen atoms in total. The van der Waals surface area contributed by atoms with Crippen LogP contribution in [0.1, 0.15) is 20.8 Å². The number of sulfonamides is 1. The summed E-state index contributed by atoms with van der Waals surface area (Å²) in [7, 11) is -3.72. The van der Waals surface area contributed by atoms with Crippen molar-refractivity contribution in [3.63, 3.8) is 0 Å². The van der Waals surface area contributed by atoms with Gasteiger partial charge in [-0.05, 0) is 48.8 Å². The zero-order valence-electron chi connectivity index (χ0n) is 9.81. The predicted octanol–water partition coefficient (Wildman–Crippen LogP) is 1.28. The van der Waals surface area contributed by atoms with Crippen molar-refractivity contribution >= 4 is 26.0 Å². The number of nitrogens with one attached hydrogen (secondary N) is 1. The minimum absolute atomic E-state index is 0.0746. The van der Waals surface area contributed by atoms with Gasteiger partial charge in [-0.2, -0.15) is 0 Å². The minimum Gasteiger partial charge on any atom is -0.391 e. The van der Waals surface area contributed by atoms with Gasteiger partial charge in [0.1, 0.15) is 0 Å². The maximum Gasteiger partial charge on any atom is 0.258 e. The molecule has 1 rings (SSSR count). The van der Waals surface area contributed by atoms with Gasteiger partial charge in [-0.3, -0.25) is 0 Å². The molecule has 0 radical (unpaired) electrons. The largest absolute Gasteiger partial charge is 0.391 e. The van der Waals surface area contributed by atoms with Gasteiger partial charge < -0.3 is 5.11 Å². The van der Waals surface area contributed by atoms with Crippen LogP contribution in [-0.4, -0.2) is 30.2 Å². The Morgan fingerprint density at radius 1 is 1.47 bits per heavy atom. The van der Waals surface area contributed by atoms with E-state index in [1.54, 1.807) is 19.9 Å². The molecule has 0 aliphatic carbocycles. The SMILES string of the molecule is CC(O)C(C)(C)NS(=O)(=O)c1ccc(Br)cn1. The third-order valence-electron chi connectivity index (χ3n) is 2.42. The topological polar surface area (TPSA) is 79.3 Å². The molecule has 0 bridgehead atoms. The molecule has 0 spiro atoms. The van der Waals surface area contributed by atoms with E-state index in [0.29, 0.717) is 4.47 Å². The van der Waals surface area contributed by atoms with Gasteiger partial charge in [0, 0.05) is 10.7 Å². The van der Waals surface area contributed by atoms with Gasteiger partial charge >= 0.3 is 0 Å². The van der Waals surface area contributed by atoms with Crippen molar-refractivity contribution < 1.29 is 13.5 Å². The molecule has 0 aromatic carbocycles. The lowest BCUT2D eigenvalue weighted by Gasteiger charge is -2.28. The van der Waals surface area contributed by atoms with Crippen LogP contribution in [0.25, 0.3) is 0 Å². The summed E-state index contributed by atoms with van der Waals surface area (Å²) in [5.41, 5.74) is -0.951. The summed E-state index contributed by atoms with van der Waals surface area (Å²) in [6.07, 6.45) is 0.594. The fourth-order valence-electron chi connectivity index (χ4n) is 1.01. The second-order valence-corrected chi connectivity index (χ2v) is 6.86. The van der Waals surface area contributed by atoms with Crippen molar-refractivity contribution in [1.82, 2.24) is 9.71 Å². The molecule has 1 aromatic heterocycles. The number of pyridine rings is 1. The Kier molecular flexibility index (Phi) is 4.29. The molecule has 1 atom stereocenters. The van der Waals surface area contributed by atoms with Crippen molar-refractivity contribution in [3.05, 3.63) is 22.8 Å². The molecule has 0 aliphatic rings. The monoisotopic (exact) mass is 322 g/mol. The maximum absolute atomic E-state index is 12.0. The molecule has 96 valence electrons. The van der Waals surface area contributed by atoms with Crippen molar-refractivity contribution in [1.29, 1.82) is 0 Å². The lowest BCUT2D eigenvalue weighted by molar-refractivity contribution is 0.111. The van der Waals surface area contributed by atoms with E-state index in [1.807, 2.05) is 0 Å². The fraction of sp³-hybridized carbons (Fsp3) is 0.500. The zero-order valence-corrected chi connectivity index (χ0v) is 12.2. The number of hydrogen-bond donors (Lipinski definition) is 2. The molecule has 0 fully saturated rings. The van der Waals surface area contributed by atoms with Gasteiger partial charge in [-0.15, -0.1) is 0 Å². The first-order valence-corrected chi connectivity index (χ1v) is 7.26. The third kappa shape index (κ3) is 3.74. The van der Waals surface area contributed by atoms with Gasteiger partial charge in [0.2, 0.25) is 0 Å². The number of hydrogen-bond acceptors (Lipinski definition) is 4. The van der Waals surface area contributed by atoms with Crippen LogP contribution in [0.3, 0.4) is 0 Å². The number of rotatable bonds is 4. The molecular formula is C10H15BrN2O3S. The standard InChI is InChI=1S/C10H15BrN2O3S/c1-7(14)10(2,3)13-17(15,16)9-5-4-8(11)6-12-9/h4-7,13-14H,1-3H3. The molecule has 0 amide bonds. The smallest absolute Gasteiger partial charge is 0.258 e. The number of aliphatic hydroxyl groups is 1. The van der Waals surface area contributed by atoms with Gasteiger partial charge in [0.25, 0.3) is 10.0 Å². The minimum atomic E-state index is -3.72. The van der Waals surface area contributed by atoms with Crippen LogP contribution in [-0.2, 0) is 10.0 Å². The van der Waals surface area contributed by atoms with Gasteiger partial charge in [0.05, 0.1) is 11.6 Å². The number of aliphatic hydroxyl groups excluding tert-OH is 1. The van der Waals surface area contributed by atoms with Crippen LogP contribution >= 0.6 is 15.9 Å². The Balaban J connectivity index is 3.01. The maximum atomic E-state index is 12.0. The Hall–Kier alpha value is -0.500. The molecular weight excluding hydrogens is 308 g/mol. The van der Waals surface area contributed by atoms with E-state index in [2.05, 4.69) is 25.6 Å². The van der Waals surface area contributed by atoms with Gasteiger partial charge in [0.15, 0.2) is 5.03 Å². The van der Waals surface area contributed by atoms with E-state index in [1.165, 1.54) is 19.2 Å². The van der Waals surface area contributed by atoms with E-state index in [9.17, 15) is 13.5 Å². The molecule has 1 unspecified atom stereocenters. The fourth-order valence-corrected chi connectivity index (χ4v) is 2.65. The van der Waals surface area contributed by atoms with Crippen molar-refractivity contribution in [2.75, 3.05) is 0 Å². The molecule has 0 saturated carbocycles. The number of halogens is 1. The van der Waals surface area contributed by atoms with Crippen molar-refractivity contribution in [2.24, 2.45) is 0 Å². The second-order valence-electron chi connectivity index (χ2n) is 4.32.